The lowest BCUT2D eigenvalue weighted by atomic mass is 10.0. The van der Waals surface area contributed by atoms with Gasteiger partial charge in [-0.3, -0.25) is 4.79 Å². The van der Waals surface area contributed by atoms with Gasteiger partial charge < -0.3 is 15.5 Å². The maximum atomic E-state index is 11.9. The van der Waals surface area contributed by atoms with E-state index in [1.807, 2.05) is 18.9 Å². The molecule has 0 bridgehead atoms. The number of likely N-dealkylation sites (tertiary alicyclic amines) is 1. The Kier molecular flexibility index (Phi) is 5.40. The van der Waals surface area contributed by atoms with E-state index >= 15 is 0 Å². The average Bonchev–Trinajstić information content (AvgIpc) is 2.27. The number of carbonyl (C=O) groups excluding carboxylic acids is 1. The highest BCUT2D eigenvalue weighted by molar-refractivity contribution is 5.76. The van der Waals surface area contributed by atoms with E-state index in [2.05, 4.69) is 18.7 Å². The van der Waals surface area contributed by atoms with E-state index in [4.69, 9.17) is 5.73 Å². The molecule has 0 spiro atoms. The van der Waals surface area contributed by atoms with E-state index < -0.39 is 0 Å². The predicted octanol–water partition coefficient (Wildman–Crippen LogP) is 1.05. The Balaban J connectivity index is 2.40. The lowest BCUT2D eigenvalue weighted by Crippen LogP contribution is -2.48. The van der Waals surface area contributed by atoms with Crippen molar-refractivity contribution < 1.29 is 4.79 Å². The predicted molar refractivity (Wildman–Crippen MR) is 70.8 cm³/mol. The molecule has 1 unspecified atom stereocenters. The standard InChI is InChI=1S/C13H27N3O/c1-10(2)16-7-5-12(6-8-16)15(4)13(17)9-11(3)14/h10-12H,5-9,14H2,1-4H3. The molecule has 1 aliphatic rings. The minimum atomic E-state index is -0.0410. The normalized spacial score (nSPS) is 20.6. The van der Waals surface area contributed by atoms with Crippen molar-refractivity contribution in [3.63, 3.8) is 0 Å². The zero-order valence-corrected chi connectivity index (χ0v) is 11.6. The highest BCUT2D eigenvalue weighted by atomic mass is 16.2. The Morgan fingerprint density at radius 2 is 1.88 bits per heavy atom. The van der Waals surface area contributed by atoms with Gasteiger partial charge >= 0.3 is 0 Å². The number of carbonyl (C=O) groups is 1. The van der Waals surface area contributed by atoms with Crippen LogP contribution in [-0.4, -0.2) is 54.0 Å². The lowest BCUT2D eigenvalue weighted by molar-refractivity contribution is -0.133. The highest BCUT2D eigenvalue weighted by Crippen LogP contribution is 2.17. The second-order valence-corrected chi connectivity index (χ2v) is 5.55. The van der Waals surface area contributed by atoms with Crippen molar-refractivity contribution in [3.8, 4) is 0 Å². The SMILES string of the molecule is CC(N)CC(=O)N(C)C1CCN(C(C)C)CC1. The van der Waals surface area contributed by atoms with Crippen molar-refractivity contribution >= 4 is 5.91 Å². The van der Waals surface area contributed by atoms with Gasteiger partial charge in [-0.2, -0.15) is 0 Å². The van der Waals surface area contributed by atoms with Crippen LogP contribution in [-0.2, 0) is 4.79 Å². The summed E-state index contributed by atoms with van der Waals surface area (Å²) in [7, 11) is 1.92. The van der Waals surface area contributed by atoms with Crippen LogP contribution in [0.5, 0.6) is 0 Å². The molecule has 0 aromatic carbocycles. The molecule has 4 nitrogen and oxygen atoms in total. The van der Waals surface area contributed by atoms with Crippen molar-refractivity contribution in [3.05, 3.63) is 0 Å². The first-order valence-electron chi connectivity index (χ1n) is 6.67. The van der Waals surface area contributed by atoms with Crippen LogP contribution in [0.4, 0.5) is 0 Å². The molecule has 1 fully saturated rings. The number of hydrogen-bond donors (Lipinski definition) is 1. The van der Waals surface area contributed by atoms with Crippen LogP contribution in [0.25, 0.3) is 0 Å². The smallest absolute Gasteiger partial charge is 0.224 e. The molecular formula is C13H27N3O. The number of amides is 1. The van der Waals surface area contributed by atoms with Crippen molar-refractivity contribution in [2.75, 3.05) is 20.1 Å². The summed E-state index contributed by atoms with van der Waals surface area (Å²) in [5.74, 6) is 0.183. The molecule has 1 heterocycles. The molecule has 0 aromatic heterocycles. The fraction of sp³-hybridized carbons (Fsp3) is 0.923. The minimum absolute atomic E-state index is 0.0410. The van der Waals surface area contributed by atoms with Crippen LogP contribution in [0.3, 0.4) is 0 Å². The van der Waals surface area contributed by atoms with Crippen molar-refractivity contribution in [1.82, 2.24) is 9.80 Å². The van der Waals surface area contributed by atoms with Gasteiger partial charge in [-0.25, -0.2) is 0 Å². The summed E-state index contributed by atoms with van der Waals surface area (Å²) in [6.45, 7) is 8.53. The summed E-state index contributed by atoms with van der Waals surface area (Å²) in [4.78, 5) is 16.3. The Hall–Kier alpha value is -0.610. The first-order valence-corrected chi connectivity index (χ1v) is 6.67. The van der Waals surface area contributed by atoms with Crippen LogP contribution in [0.2, 0.25) is 0 Å². The maximum absolute atomic E-state index is 11.9. The van der Waals surface area contributed by atoms with Crippen molar-refractivity contribution in [2.45, 2.75) is 58.2 Å². The van der Waals surface area contributed by atoms with E-state index in [1.165, 1.54) is 0 Å². The van der Waals surface area contributed by atoms with Gasteiger partial charge in [0.05, 0.1) is 0 Å². The second-order valence-electron chi connectivity index (χ2n) is 5.55. The zero-order chi connectivity index (χ0) is 13.0. The van der Waals surface area contributed by atoms with Crippen LogP contribution in [0.15, 0.2) is 0 Å². The van der Waals surface area contributed by atoms with Crippen molar-refractivity contribution in [1.29, 1.82) is 0 Å². The van der Waals surface area contributed by atoms with E-state index in [-0.39, 0.29) is 11.9 Å². The number of nitrogens with zero attached hydrogens (tertiary/aromatic N) is 2. The van der Waals surface area contributed by atoms with Crippen molar-refractivity contribution in [2.24, 2.45) is 5.73 Å². The summed E-state index contributed by atoms with van der Waals surface area (Å²) in [6.07, 6.45) is 2.62. The molecule has 0 aromatic rings. The van der Waals surface area contributed by atoms with Gasteiger partial charge in [-0.15, -0.1) is 0 Å². The van der Waals surface area contributed by atoms with Crippen LogP contribution < -0.4 is 5.73 Å². The summed E-state index contributed by atoms with van der Waals surface area (Å²) in [5, 5.41) is 0. The lowest BCUT2D eigenvalue weighted by Gasteiger charge is -2.38. The minimum Gasteiger partial charge on any atom is -0.343 e. The van der Waals surface area contributed by atoms with Gasteiger partial charge in [0.25, 0.3) is 0 Å². The Labute approximate surface area is 105 Å². The van der Waals surface area contributed by atoms with Gasteiger partial charge in [-0.05, 0) is 33.6 Å². The molecule has 100 valence electrons. The van der Waals surface area contributed by atoms with Crippen LogP contribution in [0, 0.1) is 0 Å². The molecule has 2 N–H and O–H groups in total. The van der Waals surface area contributed by atoms with E-state index in [1.54, 1.807) is 0 Å². The van der Waals surface area contributed by atoms with Gasteiger partial charge in [-0.1, -0.05) is 0 Å². The molecule has 1 saturated heterocycles. The van der Waals surface area contributed by atoms with E-state index in [0.29, 0.717) is 18.5 Å². The average molecular weight is 241 g/mol. The largest absolute Gasteiger partial charge is 0.343 e. The van der Waals surface area contributed by atoms with Crippen LogP contribution >= 0.6 is 0 Å². The molecule has 0 saturated carbocycles. The quantitative estimate of drug-likeness (QED) is 0.800. The maximum Gasteiger partial charge on any atom is 0.224 e. The van der Waals surface area contributed by atoms with E-state index in [9.17, 15) is 4.79 Å². The molecule has 4 heteroatoms. The Morgan fingerprint density at radius 3 is 2.29 bits per heavy atom. The Bertz CT molecular complexity index is 245. The Morgan fingerprint density at radius 1 is 1.35 bits per heavy atom. The summed E-state index contributed by atoms with van der Waals surface area (Å²) >= 11 is 0. The third kappa shape index (κ3) is 4.28. The molecule has 1 aliphatic heterocycles. The topological polar surface area (TPSA) is 49.6 Å². The highest BCUT2D eigenvalue weighted by Gasteiger charge is 2.26. The first-order chi connectivity index (χ1) is 7.91. The van der Waals surface area contributed by atoms with Gasteiger partial charge in [0.1, 0.15) is 0 Å². The second kappa shape index (κ2) is 6.36. The zero-order valence-electron chi connectivity index (χ0n) is 11.6. The third-order valence-electron chi connectivity index (χ3n) is 3.67. The molecule has 1 amide bonds. The van der Waals surface area contributed by atoms with Gasteiger partial charge in [0, 0.05) is 44.7 Å². The van der Waals surface area contributed by atoms with Crippen LogP contribution in [0.1, 0.15) is 40.0 Å². The molecule has 1 atom stereocenters. The monoisotopic (exact) mass is 241 g/mol. The summed E-state index contributed by atoms with van der Waals surface area (Å²) in [5.41, 5.74) is 5.67. The third-order valence-corrected chi connectivity index (χ3v) is 3.67. The van der Waals surface area contributed by atoms with Gasteiger partial charge in [0.15, 0.2) is 0 Å². The molecule has 1 rings (SSSR count). The molecule has 17 heavy (non-hydrogen) atoms. The fourth-order valence-electron chi connectivity index (χ4n) is 2.41. The summed E-state index contributed by atoms with van der Waals surface area (Å²) < 4.78 is 0. The number of nitrogens with two attached hydrogens (primary N) is 1. The molecule has 0 radical (unpaired) electrons. The number of hydrogen-bond acceptors (Lipinski definition) is 3. The summed E-state index contributed by atoms with van der Waals surface area (Å²) in [6, 6.07) is 0.970. The van der Waals surface area contributed by atoms with Gasteiger partial charge in [0.2, 0.25) is 5.91 Å². The molecular weight excluding hydrogens is 214 g/mol. The molecule has 0 aliphatic carbocycles. The number of rotatable bonds is 4. The first kappa shape index (κ1) is 14.5. The fourth-order valence-corrected chi connectivity index (χ4v) is 2.41. The number of piperidine rings is 1. The van der Waals surface area contributed by atoms with E-state index in [0.717, 1.165) is 25.9 Å².